The zero-order valence-corrected chi connectivity index (χ0v) is 11.4. The van der Waals surface area contributed by atoms with Gasteiger partial charge in [0.05, 0.1) is 43.5 Å². The molecule has 0 spiro atoms. The summed E-state index contributed by atoms with van der Waals surface area (Å²) in [5.41, 5.74) is 0.271. The summed E-state index contributed by atoms with van der Waals surface area (Å²) in [6.45, 7) is 0.644. The number of carbonyl (C=O) groups is 1. The van der Waals surface area contributed by atoms with Gasteiger partial charge in [-0.1, -0.05) is 0 Å². The van der Waals surface area contributed by atoms with E-state index in [-0.39, 0.29) is 35.5 Å². The Balaban J connectivity index is 2.30. The van der Waals surface area contributed by atoms with Crippen LogP contribution in [0.3, 0.4) is 0 Å². The van der Waals surface area contributed by atoms with Gasteiger partial charge in [0.2, 0.25) is 0 Å². The third-order valence-corrected chi connectivity index (χ3v) is 3.39. The zero-order chi connectivity index (χ0) is 15.4. The highest BCUT2D eigenvalue weighted by atomic mass is 16.6. The molecule has 21 heavy (non-hydrogen) atoms. The van der Waals surface area contributed by atoms with Gasteiger partial charge in [-0.25, -0.2) is 4.79 Å². The molecule has 1 aromatic carbocycles. The first-order valence-electron chi connectivity index (χ1n) is 6.38. The summed E-state index contributed by atoms with van der Waals surface area (Å²) in [5.74, 6) is -0.722. The molecule has 0 aliphatic carbocycles. The Morgan fingerprint density at radius 2 is 2.33 bits per heavy atom. The number of nitrogens with zero attached hydrogens (tertiary/aromatic N) is 1. The van der Waals surface area contributed by atoms with Gasteiger partial charge in [0.25, 0.3) is 5.69 Å². The van der Waals surface area contributed by atoms with Crippen LogP contribution in [0.2, 0.25) is 0 Å². The molecule has 2 unspecified atom stereocenters. The standard InChI is InChI=1S/C13H16N2O6/c1-20-13(17)8-2-3-12(15(18)19)10(4-8)14-11-7-21-6-9(11)5-16/h2-4,9,11,14,16H,5-7H2,1H3. The van der Waals surface area contributed by atoms with Crippen molar-refractivity contribution in [2.45, 2.75) is 6.04 Å². The maximum Gasteiger partial charge on any atom is 0.337 e. The van der Waals surface area contributed by atoms with Gasteiger partial charge in [0, 0.05) is 12.0 Å². The lowest BCUT2D eigenvalue weighted by Gasteiger charge is -2.18. The summed E-state index contributed by atoms with van der Waals surface area (Å²) in [6, 6.07) is 3.71. The molecule has 8 nitrogen and oxygen atoms in total. The molecule has 1 heterocycles. The molecule has 1 aliphatic heterocycles. The van der Waals surface area contributed by atoms with Crippen molar-refractivity contribution in [3.8, 4) is 0 Å². The second kappa shape index (κ2) is 6.51. The Morgan fingerprint density at radius 1 is 1.57 bits per heavy atom. The maximum atomic E-state index is 11.5. The first kappa shape index (κ1) is 15.2. The number of ether oxygens (including phenoxy) is 2. The maximum absolute atomic E-state index is 11.5. The van der Waals surface area contributed by atoms with E-state index in [9.17, 15) is 20.0 Å². The minimum atomic E-state index is -0.575. The molecular weight excluding hydrogens is 280 g/mol. The quantitative estimate of drug-likeness (QED) is 0.469. The summed E-state index contributed by atoms with van der Waals surface area (Å²) < 4.78 is 9.85. The van der Waals surface area contributed by atoms with Crippen molar-refractivity contribution in [1.29, 1.82) is 0 Å². The smallest absolute Gasteiger partial charge is 0.337 e. The van der Waals surface area contributed by atoms with E-state index < -0.39 is 10.9 Å². The molecule has 0 bridgehead atoms. The number of hydrogen-bond donors (Lipinski definition) is 2. The molecule has 1 saturated heterocycles. The lowest BCUT2D eigenvalue weighted by molar-refractivity contribution is -0.384. The van der Waals surface area contributed by atoms with Gasteiger partial charge < -0.3 is 19.9 Å². The number of esters is 1. The highest BCUT2D eigenvalue weighted by Gasteiger charge is 2.29. The average molecular weight is 296 g/mol. The van der Waals surface area contributed by atoms with Crippen LogP contribution >= 0.6 is 0 Å². The van der Waals surface area contributed by atoms with Crippen molar-refractivity contribution in [2.75, 3.05) is 32.2 Å². The number of anilines is 1. The van der Waals surface area contributed by atoms with Crippen LogP contribution in [0.15, 0.2) is 18.2 Å². The number of methoxy groups -OCH3 is 1. The van der Waals surface area contributed by atoms with Crippen LogP contribution in [-0.4, -0.2) is 49.0 Å². The molecule has 2 N–H and O–H groups in total. The molecule has 0 radical (unpaired) electrons. The molecule has 8 heteroatoms. The van der Waals surface area contributed by atoms with E-state index in [1.165, 1.54) is 25.3 Å². The summed E-state index contributed by atoms with van der Waals surface area (Å²) in [7, 11) is 1.24. The van der Waals surface area contributed by atoms with Gasteiger partial charge in [0.1, 0.15) is 5.69 Å². The summed E-state index contributed by atoms with van der Waals surface area (Å²) in [5, 5.41) is 23.3. The molecule has 0 saturated carbocycles. The fourth-order valence-corrected chi connectivity index (χ4v) is 2.19. The third-order valence-electron chi connectivity index (χ3n) is 3.39. The summed E-state index contributed by atoms with van der Waals surface area (Å²) in [6.07, 6.45) is 0. The van der Waals surface area contributed by atoms with Crippen LogP contribution in [0.1, 0.15) is 10.4 Å². The van der Waals surface area contributed by atoms with Gasteiger partial charge in [-0.3, -0.25) is 10.1 Å². The van der Waals surface area contributed by atoms with E-state index in [2.05, 4.69) is 10.1 Å². The first-order valence-corrected chi connectivity index (χ1v) is 6.38. The third kappa shape index (κ3) is 3.29. The minimum Gasteiger partial charge on any atom is -0.465 e. The highest BCUT2D eigenvalue weighted by molar-refractivity contribution is 5.91. The van der Waals surface area contributed by atoms with Crippen LogP contribution < -0.4 is 5.32 Å². The largest absolute Gasteiger partial charge is 0.465 e. The van der Waals surface area contributed by atoms with Gasteiger partial charge in [-0.15, -0.1) is 0 Å². The van der Waals surface area contributed by atoms with E-state index in [0.29, 0.717) is 13.2 Å². The van der Waals surface area contributed by atoms with Crippen molar-refractivity contribution in [3.05, 3.63) is 33.9 Å². The Kier molecular flexibility index (Phi) is 4.71. The number of hydrogen-bond acceptors (Lipinski definition) is 7. The van der Waals surface area contributed by atoms with Crippen LogP contribution in [0, 0.1) is 16.0 Å². The lowest BCUT2D eigenvalue weighted by Crippen LogP contribution is -2.30. The number of benzene rings is 1. The first-order chi connectivity index (χ1) is 10.1. The molecule has 1 aliphatic rings. The average Bonchev–Trinajstić information content (AvgIpc) is 2.93. The normalized spacial score (nSPS) is 21.0. The van der Waals surface area contributed by atoms with Gasteiger partial charge in [0.15, 0.2) is 0 Å². The van der Waals surface area contributed by atoms with Crippen LogP contribution in [-0.2, 0) is 9.47 Å². The van der Waals surface area contributed by atoms with Crippen molar-refractivity contribution in [3.63, 3.8) is 0 Å². The summed E-state index contributed by atoms with van der Waals surface area (Å²) >= 11 is 0. The molecule has 1 aromatic rings. The number of carbonyl (C=O) groups excluding carboxylic acids is 1. The van der Waals surface area contributed by atoms with Crippen molar-refractivity contribution in [1.82, 2.24) is 0 Å². The number of aliphatic hydroxyl groups is 1. The number of rotatable bonds is 5. The van der Waals surface area contributed by atoms with Crippen LogP contribution in [0.25, 0.3) is 0 Å². The van der Waals surface area contributed by atoms with Crippen LogP contribution in [0.5, 0.6) is 0 Å². The predicted octanol–water partition coefficient (Wildman–Crippen LogP) is 0.801. The highest BCUT2D eigenvalue weighted by Crippen LogP contribution is 2.28. The SMILES string of the molecule is COC(=O)c1ccc([N+](=O)[O-])c(NC2COCC2CO)c1. The topological polar surface area (TPSA) is 111 Å². The Labute approximate surface area is 120 Å². The second-order valence-corrected chi connectivity index (χ2v) is 4.71. The molecule has 114 valence electrons. The monoisotopic (exact) mass is 296 g/mol. The van der Waals surface area contributed by atoms with Gasteiger partial charge in [-0.05, 0) is 12.1 Å². The zero-order valence-electron chi connectivity index (χ0n) is 11.4. The van der Waals surface area contributed by atoms with Gasteiger partial charge >= 0.3 is 5.97 Å². The molecule has 2 atom stereocenters. The van der Waals surface area contributed by atoms with E-state index >= 15 is 0 Å². The lowest BCUT2D eigenvalue weighted by atomic mass is 10.0. The van der Waals surface area contributed by atoms with E-state index in [4.69, 9.17) is 4.74 Å². The molecule has 1 fully saturated rings. The number of nitrogens with one attached hydrogen (secondary N) is 1. The molecule has 0 aromatic heterocycles. The summed E-state index contributed by atoms with van der Waals surface area (Å²) in [4.78, 5) is 22.1. The Morgan fingerprint density at radius 3 is 2.95 bits per heavy atom. The molecular formula is C13H16N2O6. The van der Waals surface area contributed by atoms with Gasteiger partial charge in [-0.2, -0.15) is 0 Å². The number of nitro groups is 1. The van der Waals surface area contributed by atoms with E-state index in [0.717, 1.165) is 0 Å². The van der Waals surface area contributed by atoms with Crippen molar-refractivity contribution < 1.29 is 24.3 Å². The van der Waals surface area contributed by atoms with Crippen molar-refractivity contribution in [2.24, 2.45) is 5.92 Å². The van der Waals surface area contributed by atoms with E-state index in [1.54, 1.807) is 0 Å². The van der Waals surface area contributed by atoms with Crippen molar-refractivity contribution >= 4 is 17.3 Å². The van der Waals surface area contributed by atoms with Crippen LogP contribution in [0.4, 0.5) is 11.4 Å². The molecule has 0 amide bonds. The fourth-order valence-electron chi connectivity index (χ4n) is 2.19. The molecule has 2 rings (SSSR count). The number of nitro benzene ring substituents is 1. The fraction of sp³-hybridized carbons (Fsp3) is 0.462. The Bertz CT molecular complexity index is 547. The Hall–Kier alpha value is -2.19. The van der Waals surface area contributed by atoms with E-state index in [1.807, 2.05) is 0 Å². The predicted molar refractivity (Wildman–Crippen MR) is 73.2 cm³/mol. The minimum absolute atomic E-state index is 0.0812. The number of aliphatic hydroxyl groups excluding tert-OH is 1. The second-order valence-electron chi connectivity index (χ2n) is 4.71.